The maximum absolute atomic E-state index is 12.7. The zero-order chi connectivity index (χ0) is 19.0. The second kappa shape index (κ2) is 7.02. The molecular formula is C21H24N4O2. The Kier molecular flexibility index (Phi) is 4.56. The molecule has 1 atom stereocenters. The molecule has 1 saturated carbocycles. The first-order valence-electron chi connectivity index (χ1n) is 9.54. The van der Waals surface area contributed by atoms with Gasteiger partial charge in [-0.3, -0.25) is 9.59 Å². The molecule has 6 heteroatoms. The standard InChI is InChI=1S/C21H24N4O2/c1-3-14(2)25-19(10-11-22-25)23-20(26)13-24-12-17(21(27)15-8-9-15)16-6-4-5-7-18(16)24/h4-7,10-12,14-15H,3,8-9,13H2,1-2H3,(H,23,26). The maximum Gasteiger partial charge on any atom is 0.245 e. The lowest BCUT2D eigenvalue weighted by molar-refractivity contribution is -0.116. The number of aromatic nitrogens is 3. The van der Waals surface area contributed by atoms with Crippen molar-refractivity contribution in [1.29, 1.82) is 0 Å². The van der Waals surface area contributed by atoms with Gasteiger partial charge < -0.3 is 9.88 Å². The number of para-hydroxylation sites is 1. The Morgan fingerprint density at radius 2 is 2.04 bits per heavy atom. The Bertz CT molecular complexity index is 997. The molecule has 1 fully saturated rings. The van der Waals surface area contributed by atoms with E-state index in [1.807, 2.05) is 39.7 Å². The minimum absolute atomic E-state index is 0.133. The van der Waals surface area contributed by atoms with Gasteiger partial charge in [0.1, 0.15) is 12.4 Å². The van der Waals surface area contributed by atoms with Crippen LogP contribution in [0.4, 0.5) is 5.82 Å². The topological polar surface area (TPSA) is 68.9 Å². The van der Waals surface area contributed by atoms with Crippen LogP contribution >= 0.6 is 0 Å². The Hall–Kier alpha value is -2.89. The van der Waals surface area contributed by atoms with Gasteiger partial charge in [-0.15, -0.1) is 0 Å². The van der Waals surface area contributed by atoms with Gasteiger partial charge in [-0.25, -0.2) is 4.68 Å². The van der Waals surface area contributed by atoms with Crippen LogP contribution in [-0.2, 0) is 11.3 Å². The molecule has 2 heterocycles. The number of rotatable bonds is 7. The molecule has 1 aliphatic rings. The van der Waals surface area contributed by atoms with Crippen molar-refractivity contribution in [2.24, 2.45) is 5.92 Å². The van der Waals surface area contributed by atoms with Gasteiger partial charge in [0.05, 0.1) is 12.2 Å². The summed E-state index contributed by atoms with van der Waals surface area (Å²) in [5, 5.41) is 8.17. The average molecular weight is 364 g/mol. The molecule has 0 aliphatic heterocycles. The summed E-state index contributed by atoms with van der Waals surface area (Å²) in [6.07, 6.45) is 6.40. The third-order valence-corrected chi connectivity index (χ3v) is 5.26. The normalized spacial score (nSPS) is 15.0. The summed E-state index contributed by atoms with van der Waals surface area (Å²) in [7, 11) is 0. The van der Waals surface area contributed by atoms with E-state index in [-0.39, 0.29) is 30.2 Å². The summed E-state index contributed by atoms with van der Waals surface area (Å²) in [4.78, 5) is 25.3. The van der Waals surface area contributed by atoms with E-state index in [4.69, 9.17) is 0 Å². The van der Waals surface area contributed by atoms with Gasteiger partial charge >= 0.3 is 0 Å². The van der Waals surface area contributed by atoms with E-state index in [9.17, 15) is 9.59 Å². The fourth-order valence-electron chi connectivity index (χ4n) is 3.41. The van der Waals surface area contributed by atoms with E-state index in [2.05, 4.69) is 24.3 Å². The molecule has 1 aromatic carbocycles. The number of nitrogens with zero attached hydrogens (tertiary/aromatic N) is 3. The smallest absolute Gasteiger partial charge is 0.245 e. The highest BCUT2D eigenvalue weighted by Crippen LogP contribution is 2.35. The number of benzene rings is 1. The summed E-state index contributed by atoms with van der Waals surface area (Å²) in [5.41, 5.74) is 1.64. The van der Waals surface area contributed by atoms with Gasteiger partial charge in [0.2, 0.25) is 5.91 Å². The highest BCUT2D eigenvalue weighted by molar-refractivity contribution is 6.10. The molecule has 140 valence electrons. The van der Waals surface area contributed by atoms with E-state index >= 15 is 0 Å². The van der Waals surface area contributed by atoms with E-state index in [0.717, 1.165) is 35.7 Å². The molecule has 3 aromatic rings. The van der Waals surface area contributed by atoms with Gasteiger partial charge in [0.15, 0.2) is 5.78 Å². The minimum atomic E-state index is -0.133. The average Bonchev–Trinajstić information content (AvgIpc) is 3.33. The Labute approximate surface area is 158 Å². The molecule has 0 saturated heterocycles. The molecular weight excluding hydrogens is 340 g/mol. The van der Waals surface area contributed by atoms with Crippen LogP contribution in [0.25, 0.3) is 10.9 Å². The van der Waals surface area contributed by atoms with Crippen molar-refractivity contribution < 1.29 is 9.59 Å². The number of fused-ring (bicyclic) bond motifs is 1. The van der Waals surface area contributed by atoms with Gasteiger partial charge in [0.25, 0.3) is 0 Å². The largest absolute Gasteiger partial charge is 0.337 e. The molecule has 1 unspecified atom stereocenters. The highest BCUT2D eigenvalue weighted by atomic mass is 16.2. The van der Waals surface area contributed by atoms with Crippen molar-refractivity contribution in [3.8, 4) is 0 Å². The Morgan fingerprint density at radius 1 is 1.26 bits per heavy atom. The second-order valence-corrected chi connectivity index (χ2v) is 7.29. The number of nitrogens with one attached hydrogen (secondary N) is 1. The summed E-state index contributed by atoms with van der Waals surface area (Å²) >= 11 is 0. The molecule has 27 heavy (non-hydrogen) atoms. The molecule has 4 rings (SSSR count). The monoisotopic (exact) mass is 364 g/mol. The first-order valence-corrected chi connectivity index (χ1v) is 9.54. The molecule has 0 bridgehead atoms. The van der Waals surface area contributed by atoms with E-state index in [1.54, 1.807) is 12.3 Å². The lowest BCUT2D eigenvalue weighted by Gasteiger charge is -2.14. The highest BCUT2D eigenvalue weighted by Gasteiger charge is 2.32. The predicted octanol–water partition coefficient (Wildman–Crippen LogP) is 4.04. The van der Waals surface area contributed by atoms with Crippen LogP contribution in [0.5, 0.6) is 0 Å². The quantitative estimate of drug-likeness (QED) is 0.643. The zero-order valence-corrected chi connectivity index (χ0v) is 15.7. The molecule has 2 aromatic heterocycles. The van der Waals surface area contributed by atoms with Gasteiger partial charge in [-0.1, -0.05) is 25.1 Å². The van der Waals surface area contributed by atoms with Gasteiger partial charge in [0, 0.05) is 34.6 Å². The van der Waals surface area contributed by atoms with Crippen LogP contribution < -0.4 is 5.32 Å². The van der Waals surface area contributed by atoms with Gasteiger partial charge in [-0.05, 0) is 32.3 Å². The number of Topliss-reactive ketones (excluding diaryl/α,β-unsaturated/α-hetero) is 1. The zero-order valence-electron chi connectivity index (χ0n) is 15.7. The lowest BCUT2D eigenvalue weighted by atomic mass is 10.1. The number of hydrogen-bond acceptors (Lipinski definition) is 3. The number of amides is 1. The molecule has 0 radical (unpaired) electrons. The van der Waals surface area contributed by atoms with E-state index in [0.29, 0.717) is 5.82 Å². The second-order valence-electron chi connectivity index (χ2n) is 7.29. The molecule has 6 nitrogen and oxygen atoms in total. The fourth-order valence-corrected chi connectivity index (χ4v) is 3.41. The molecule has 1 aliphatic carbocycles. The van der Waals surface area contributed by atoms with Crippen LogP contribution in [-0.4, -0.2) is 26.0 Å². The minimum Gasteiger partial charge on any atom is -0.337 e. The molecule has 1 N–H and O–H groups in total. The number of carbonyl (C=O) groups is 2. The predicted molar refractivity (Wildman–Crippen MR) is 105 cm³/mol. The number of carbonyl (C=O) groups excluding carboxylic acids is 2. The van der Waals surface area contributed by atoms with Crippen molar-refractivity contribution in [2.75, 3.05) is 5.32 Å². The van der Waals surface area contributed by atoms with Crippen molar-refractivity contribution >= 4 is 28.4 Å². The third-order valence-electron chi connectivity index (χ3n) is 5.26. The Morgan fingerprint density at radius 3 is 2.78 bits per heavy atom. The van der Waals surface area contributed by atoms with E-state index < -0.39 is 0 Å². The SMILES string of the molecule is CCC(C)n1nccc1NC(=O)Cn1cc(C(=O)C2CC2)c2ccccc21. The van der Waals surface area contributed by atoms with E-state index in [1.165, 1.54) is 0 Å². The summed E-state index contributed by atoms with van der Waals surface area (Å²) in [6, 6.07) is 9.79. The first-order chi connectivity index (χ1) is 13.1. The lowest BCUT2D eigenvalue weighted by Crippen LogP contribution is -2.21. The van der Waals surface area contributed by atoms with Crippen LogP contribution in [0.1, 0.15) is 49.5 Å². The van der Waals surface area contributed by atoms with Crippen molar-refractivity contribution in [1.82, 2.24) is 14.3 Å². The summed E-state index contributed by atoms with van der Waals surface area (Å²) in [5.74, 6) is 0.912. The molecule has 0 spiro atoms. The van der Waals surface area contributed by atoms with Crippen molar-refractivity contribution in [3.05, 3.63) is 48.3 Å². The maximum atomic E-state index is 12.7. The van der Waals surface area contributed by atoms with Crippen LogP contribution in [0.3, 0.4) is 0 Å². The number of anilines is 1. The Balaban J connectivity index is 1.57. The first kappa shape index (κ1) is 17.5. The number of ketones is 1. The third kappa shape index (κ3) is 3.39. The van der Waals surface area contributed by atoms with Crippen molar-refractivity contribution in [3.63, 3.8) is 0 Å². The molecule has 1 amide bonds. The van der Waals surface area contributed by atoms with Crippen molar-refractivity contribution in [2.45, 2.75) is 45.7 Å². The van der Waals surface area contributed by atoms with Crippen LogP contribution in [0, 0.1) is 5.92 Å². The summed E-state index contributed by atoms with van der Waals surface area (Å²) in [6.45, 7) is 4.31. The van der Waals surface area contributed by atoms with Crippen LogP contribution in [0.2, 0.25) is 0 Å². The van der Waals surface area contributed by atoms with Gasteiger partial charge in [-0.2, -0.15) is 5.10 Å². The van der Waals surface area contributed by atoms with Crippen LogP contribution in [0.15, 0.2) is 42.7 Å². The summed E-state index contributed by atoms with van der Waals surface area (Å²) < 4.78 is 3.69. The fraction of sp³-hybridized carbons (Fsp3) is 0.381. The number of hydrogen-bond donors (Lipinski definition) is 1.